The van der Waals surface area contributed by atoms with Gasteiger partial charge in [0, 0.05) is 20.1 Å². The second-order valence-corrected chi connectivity index (χ2v) is 5.25. The summed E-state index contributed by atoms with van der Waals surface area (Å²) in [5, 5.41) is 2.96. The van der Waals surface area contributed by atoms with Crippen LogP contribution in [-0.2, 0) is 0 Å². The number of nitrogens with one attached hydrogen (secondary N) is 1. The van der Waals surface area contributed by atoms with Crippen LogP contribution in [0.15, 0.2) is 42.5 Å². The van der Waals surface area contributed by atoms with Gasteiger partial charge in [0.15, 0.2) is 0 Å². The van der Waals surface area contributed by atoms with Crippen LogP contribution in [0.2, 0.25) is 0 Å². The second-order valence-electron chi connectivity index (χ2n) is 5.25. The molecule has 2 aromatic rings. The van der Waals surface area contributed by atoms with Crippen LogP contribution in [0.4, 0.5) is 4.39 Å². The number of ether oxygens (including phenoxy) is 1. The van der Waals surface area contributed by atoms with Crippen molar-refractivity contribution in [3.8, 4) is 16.9 Å². The summed E-state index contributed by atoms with van der Waals surface area (Å²) in [7, 11) is 5.07. The molecule has 1 amide bonds. The minimum atomic E-state index is -0.514. The summed E-state index contributed by atoms with van der Waals surface area (Å²) in [5.41, 5.74) is 1.67. The predicted molar refractivity (Wildman–Crippen MR) is 89.3 cm³/mol. The fourth-order valence-corrected chi connectivity index (χ4v) is 2.24. The first-order valence-electron chi connectivity index (χ1n) is 7.41. The fourth-order valence-electron chi connectivity index (χ4n) is 2.24. The summed E-state index contributed by atoms with van der Waals surface area (Å²) >= 11 is 0. The monoisotopic (exact) mass is 316 g/mol. The number of carbonyl (C=O) groups is 1. The number of amides is 1. The van der Waals surface area contributed by atoms with Gasteiger partial charge in [-0.15, -0.1) is 0 Å². The number of methoxy groups -OCH3 is 1. The van der Waals surface area contributed by atoms with E-state index in [1.54, 1.807) is 20.2 Å². The number of hydrogen-bond acceptors (Lipinski definition) is 3. The summed E-state index contributed by atoms with van der Waals surface area (Å²) in [6, 6.07) is 12.0. The highest BCUT2D eigenvalue weighted by atomic mass is 19.1. The maximum Gasteiger partial charge on any atom is 0.256 e. The van der Waals surface area contributed by atoms with Crippen molar-refractivity contribution in [3.63, 3.8) is 0 Å². The summed E-state index contributed by atoms with van der Waals surface area (Å²) in [6.45, 7) is 1.18. The average molecular weight is 316 g/mol. The molecule has 0 fully saturated rings. The molecule has 0 spiro atoms. The minimum Gasteiger partial charge on any atom is -0.497 e. The van der Waals surface area contributed by atoms with Crippen molar-refractivity contribution in [1.29, 1.82) is 0 Å². The zero-order chi connectivity index (χ0) is 16.8. The highest BCUT2D eigenvalue weighted by Crippen LogP contribution is 2.24. The lowest BCUT2D eigenvalue weighted by Gasteiger charge is -2.17. The van der Waals surface area contributed by atoms with E-state index in [0.717, 1.165) is 16.9 Å². The number of carbonyl (C=O) groups excluding carboxylic acids is 1. The van der Waals surface area contributed by atoms with E-state index in [2.05, 4.69) is 5.32 Å². The molecule has 0 aromatic heterocycles. The molecule has 0 saturated carbocycles. The first-order valence-corrected chi connectivity index (χ1v) is 7.41. The van der Waals surface area contributed by atoms with Crippen LogP contribution in [0.25, 0.3) is 11.1 Å². The van der Waals surface area contributed by atoms with Crippen LogP contribution in [0.1, 0.15) is 10.4 Å². The molecule has 0 aliphatic rings. The van der Waals surface area contributed by atoms with Gasteiger partial charge in [-0.25, -0.2) is 4.39 Å². The van der Waals surface area contributed by atoms with Gasteiger partial charge >= 0.3 is 0 Å². The van der Waals surface area contributed by atoms with Crippen LogP contribution >= 0.6 is 0 Å². The van der Waals surface area contributed by atoms with Crippen molar-refractivity contribution in [3.05, 3.63) is 53.8 Å². The number of benzene rings is 2. The Morgan fingerprint density at radius 3 is 2.39 bits per heavy atom. The van der Waals surface area contributed by atoms with Gasteiger partial charge in [0.2, 0.25) is 0 Å². The molecule has 2 aromatic carbocycles. The lowest BCUT2D eigenvalue weighted by molar-refractivity contribution is 0.0792. The Labute approximate surface area is 135 Å². The molecule has 0 saturated heterocycles. The Morgan fingerprint density at radius 2 is 1.83 bits per heavy atom. The number of nitrogens with zero attached hydrogens (tertiary/aromatic N) is 1. The van der Waals surface area contributed by atoms with Crippen LogP contribution in [0, 0.1) is 5.82 Å². The van der Waals surface area contributed by atoms with E-state index in [-0.39, 0.29) is 11.5 Å². The summed E-state index contributed by atoms with van der Waals surface area (Å²) in [4.78, 5) is 13.7. The molecular weight excluding hydrogens is 295 g/mol. The molecule has 0 bridgehead atoms. The van der Waals surface area contributed by atoms with Crippen molar-refractivity contribution in [2.45, 2.75) is 0 Å². The summed E-state index contributed by atoms with van der Waals surface area (Å²) in [6.07, 6.45) is 0. The van der Waals surface area contributed by atoms with Crippen LogP contribution in [0.5, 0.6) is 5.75 Å². The van der Waals surface area contributed by atoms with Crippen LogP contribution in [0.3, 0.4) is 0 Å². The van der Waals surface area contributed by atoms with Gasteiger partial charge in [0.05, 0.1) is 12.7 Å². The third-order valence-corrected chi connectivity index (χ3v) is 3.67. The third kappa shape index (κ3) is 4.07. The van der Waals surface area contributed by atoms with Crippen molar-refractivity contribution in [2.75, 3.05) is 34.3 Å². The van der Waals surface area contributed by atoms with Gasteiger partial charge in [-0.1, -0.05) is 18.2 Å². The van der Waals surface area contributed by atoms with E-state index < -0.39 is 5.82 Å². The van der Waals surface area contributed by atoms with E-state index in [0.29, 0.717) is 13.1 Å². The van der Waals surface area contributed by atoms with Gasteiger partial charge in [-0.05, 0) is 42.4 Å². The number of likely N-dealkylation sites (N-methyl/N-ethyl adjacent to an activating group) is 2. The first kappa shape index (κ1) is 17.0. The van der Waals surface area contributed by atoms with Gasteiger partial charge in [0.25, 0.3) is 5.91 Å². The summed E-state index contributed by atoms with van der Waals surface area (Å²) < 4.78 is 19.4. The molecule has 0 atom stereocenters. The van der Waals surface area contributed by atoms with Crippen molar-refractivity contribution in [1.82, 2.24) is 10.2 Å². The Balaban J connectivity index is 2.21. The molecule has 4 nitrogen and oxygen atoms in total. The highest BCUT2D eigenvalue weighted by Gasteiger charge is 2.16. The SMILES string of the molecule is CNCCN(C)C(=O)c1ccc(-c2ccc(OC)cc2)cc1F. The zero-order valence-electron chi connectivity index (χ0n) is 13.6. The molecule has 0 aliphatic heterocycles. The van der Waals surface area contributed by atoms with Gasteiger partial charge < -0.3 is 15.0 Å². The smallest absolute Gasteiger partial charge is 0.256 e. The maximum absolute atomic E-state index is 14.3. The van der Waals surface area contributed by atoms with Crippen molar-refractivity contribution < 1.29 is 13.9 Å². The molecule has 0 aliphatic carbocycles. The Morgan fingerprint density at radius 1 is 1.17 bits per heavy atom. The van der Waals surface area contributed by atoms with E-state index in [9.17, 15) is 9.18 Å². The molecule has 5 heteroatoms. The minimum absolute atomic E-state index is 0.0841. The lowest BCUT2D eigenvalue weighted by Crippen LogP contribution is -2.33. The second kappa shape index (κ2) is 7.74. The molecule has 0 unspecified atom stereocenters. The van der Waals surface area contributed by atoms with Crippen molar-refractivity contribution in [2.24, 2.45) is 0 Å². The molecule has 0 radical (unpaired) electrons. The number of hydrogen-bond donors (Lipinski definition) is 1. The Hall–Kier alpha value is -2.40. The molecule has 23 heavy (non-hydrogen) atoms. The van der Waals surface area contributed by atoms with E-state index in [1.165, 1.54) is 17.0 Å². The Kier molecular flexibility index (Phi) is 5.71. The van der Waals surface area contributed by atoms with Crippen LogP contribution in [-0.4, -0.2) is 45.1 Å². The topological polar surface area (TPSA) is 41.6 Å². The zero-order valence-corrected chi connectivity index (χ0v) is 13.6. The molecule has 122 valence electrons. The lowest BCUT2D eigenvalue weighted by atomic mass is 10.0. The predicted octanol–water partition coefficient (Wildman–Crippen LogP) is 2.79. The van der Waals surface area contributed by atoms with E-state index in [1.807, 2.05) is 31.3 Å². The first-order chi connectivity index (χ1) is 11.1. The largest absolute Gasteiger partial charge is 0.497 e. The average Bonchev–Trinajstić information content (AvgIpc) is 2.59. The quantitative estimate of drug-likeness (QED) is 0.891. The molecule has 0 heterocycles. The fraction of sp³-hybridized carbons (Fsp3) is 0.278. The number of halogens is 1. The maximum atomic E-state index is 14.3. The van der Waals surface area contributed by atoms with E-state index in [4.69, 9.17) is 4.74 Å². The molecule has 2 rings (SSSR count). The van der Waals surface area contributed by atoms with Crippen LogP contribution < -0.4 is 10.1 Å². The third-order valence-electron chi connectivity index (χ3n) is 3.67. The van der Waals surface area contributed by atoms with E-state index >= 15 is 0 Å². The van der Waals surface area contributed by atoms with Gasteiger partial charge in [0.1, 0.15) is 11.6 Å². The standard InChI is InChI=1S/C18H21FN2O2/c1-20-10-11-21(2)18(22)16-9-6-14(12-17(16)19)13-4-7-15(23-3)8-5-13/h4-9,12,20H,10-11H2,1-3H3. The summed E-state index contributed by atoms with van der Waals surface area (Å²) in [5.74, 6) is -0.0918. The Bertz CT molecular complexity index is 671. The van der Waals surface area contributed by atoms with Gasteiger partial charge in [-0.2, -0.15) is 0 Å². The molecule has 1 N–H and O–H groups in total. The van der Waals surface area contributed by atoms with Gasteiger partial charge in [-0.3, -0.25) is 4.79 Å². The number of rotatable bonds is 6. The highest BCUT2D eigenvalue weighted by molar-refractivity contribution is 5.94. The van der Waals surface area contributed by atoms with Crippen molar-refractivity contribution >= 4 is 5.91 Å². The molecular formula is C18H21FN2O2. The normalized spacial score (nSPS) is 10.4.